The summed E-state index contributed by atoms with van der Waals surface area (Å²) in [6.07, 6.45) is 5.03. The van der Waals surface area contributed by atoms with E-state index in [-0.39, 0.29) is 12.0 Å². The van der Waals surface area contributed by atoms with Crippen molar-refractivity contribution < 1.29 is 9.84 Å². The molecule has 2 bridgehead atoms. The molecule has 2 heteroatoms. The smallest absolute Gasteiger partial charge is 0.0643 e. The molecule has 2 aliphatic rings. The molecule has 1 aliphatic carbocycles. The van der Waals surface area contributed by atoms with Gasteiger partial charge >= 0.3 is 0 Å². The average Bonchev–Trinajstić information content (AvgIpc) is 2.28. The minimum absolute atomic E-state index is 0.0472. The van der Waals surface area contributed by atoms with Gasteiger partial charge in [0.1, 0.15) is 0 Å². The first-order valence-corrected chi connectivity index (χ1v) is 6.97. The Morgan fingerprint density at radius 3 is 2.76 bits per heavy atom. The van der Waals surface area contributed by atoms with Gasteiger partial charge in [0.15, 0.2) is 0 Å². The van der Waals surface area contributed by atoms with Crippen molar-refractivity contribution in [2.45, 2.75) is 46.6 Å². The predicted octanol–water partition coefficient (Wildman–Crippen LogP) is 3.01. The summed E-state index contributed by atoms with van der Waals surface area (Å²) < 4.78 is 6.09. The van der Waals surface area contributed by atoms with Crippen molar-refractivity contribution in [1.82, 2.24) is 0 Å². The first-order valence-electron chi connectivity index (χ1n) is 6.97. The van der Waals surface area contributed by atoms with Gasteiger partial charge in [-0.25, -0.2) is 0 Å². The molecule has 2 rings (SSSR count). The van der Waals surface area contributed by atoms with E-state index in [2.05, 4.69) is 33.8 Å². The van der Waals surface area contributed by atoms with Crippen LogP contribution in [-0.4, -0.2) is 24.4 Å². The van der Waals surface area contributed by atoms with Crippen LogP contribution in [0, 0.1) is 23.2 Å². The molecule has 1 saturated heterocycles. The van der Waals surface area contributed by atoms with E-state index < -0.39 is 0 Å². The summed E-state index contributed by atoms with van der Waals surface area (Å²) >= 11 is 0. The lowest BCUT2D eigenvalue weighted by molar-refractivity contribution is -0.164. The molecule has 98 valence electrons. The van der Waals surface area contributed by atoms with Crippen LogP contribution < -0.4 is 0 Å². The van der Waals surface area contributed by atoms with Crippen molar-refractivity contribution in [2.24, 2.45) is 23.2 Å². The van der Waals surface area contributed by atoms with Gasteiger partial charge in [0, 0.05) is 11.3 Å². The lowest BCUT2D eigenvalue weighted by Gasteiger charge is -2.55. The molecule has 0 spiro atoms. The van der Waals surface area contributed by atoms with Crippen molar-refractivity contribution in [1.29, 1.82) is 0 Å². The molecule has 1 N–H and O–H groups in total. The lowest BCUT2D eigenvalue weighted by Crippen LogP contribution is -2.56. The first kappa shape index (κ1) is 13.1. The Hall–Kier alpha value is -0.340. The maximum atomic E-state index is 9.83. The zero-order valence-electron chi connectivity index (χ0n) is 11.6. The Balaban J connectivity index is 2.34. The van der Waals surface area contributed by atoms with E-state index in [0.717, 1.165) is 13.0 Å². The summed E-state index contributed by atoms with van der Waals surface area (Å²) in [5.74, 6) is 1.45. The van der Waals surface area contributed by atoms with Crippen LogP contribution in [0.5, 0.6) is 0 Å². The highest BCUT2D eigenvalue weighted by molar-refractivity contribution is 5.20. The largest absolute Gasteiger partial charge is 0.396 e. The molecule has 2 nitrogen and oxygen atoms in total. The van der Waals surface area contributed by atoms with Crippen LogP contribution in [0.4, 0.5) is 0 Å². The van der Waals surface area contributed by atoms with Crippen LogP contribution in [0.25, 0.3) is 0 Å². The number of hydrogen-bond acceptors (Lipinski definition) is 2. The molecule has 0 saturated carbocycles. The average molecular weight is 238 g/mol. The molecule has 5 atom stereocenters. The van der Waals surface area contributed by atoms with Crippen LogP contribution >= 0.6 is 0 Å². The van der Waals surface area contributed by atoms with Gasteiger partial charge in [0.25, 0.3) is 0 Å². The molecule has 0 aromatic rings. The number of hydrogen-bond donors (Lipinski definition) is 1. The Labute approximate surface area is 105 Å². The van der Waals surface area contributed by atoms with Crippen LogP contribution in [0.3, 0.4) is 0 Å². The van der Waals surface area contributed by atoms with Crippen LogP contribution in [0.15, 0.2) is 11.6 Å². The third-order valence-corrected chi connectivity index (χ3v) is 5.23. The maximum absolute atomic E-state index is 9.83. The number of aliphatic hydroxyl groups excluding tert-OH is 1. The van der Waals surface area contributed by atoms with E-state index in [4.69, 9.17) is 4.74 Å². The highest BCUT2D eigenvalue weighted by Gasteiger charge is 2.52. The van der Waals surface area contributed by atoms with E-state index in [0.29, 0.717) is 23.9 Å². The van der Waals surface area contributed by atoms with Gasteiger partial charge in [-0.3, -0.25) is 0 Å². The number of allylic oxidation sites excluding steroid dienone is 1. The van der Waals surface area contributed by atoms with Gasteiger partial charge in [-0.2, -0.15) is 0 Å². The molecule has 1 aliphatic heterocycles. The molecule has 0 unspecified atom stereocenters. The van der Waals surface area contributed by atoms with E-state index in [1.54, 1.807) is 0 Å². The first-order chi connectivity index (χ1) is 8.06. The number of fused-ring (bicyclic) bond motifs is 2. The van der Waals surface area contributed by atoms with E-state index >= 15 is 0 Å². The molecule has 1 fully saturated rings. The van der Waals surface area contributed by atoms with Gasteiger partial charge in [-0.1, -0.05) is 38.8 Å². The normalized spacial score (nSPS) is 45.6. The van der Waals surface area contributed by atoms with Crippen molar-refractivity contribution in [3.05, 3.63) is 11.6 Å². The minimum Gasteiger partial charge on any atom is -0.396 e. The van der Waals surface area contributed by atoms with E-state index in [9.17, 15) is 5.11 Å². The summed E-state index contributed by atoms with van der Waals surface area (Å²) in [5.41, 5.74) is 1.42. The van der Waals surface area contributed by atoms with Gasteiger partial charge < -0.3 is 9.84 Å². The number of aliphatic hydroxyl groups is 1. The highest BCUT2D eigenvalue weighted by atomic mass is 16.5. The predicted molar refractivity (Wildman–Crippen MR) is 69.7 cm³/mol. The van der Waals surface area contributed by atoms with Crippen LogP contribution in [0.2, 0.25) is 0 Å². The van der Waals surface area contributed by atoms with Gasteiger partial charge in [-0.15, -0.1) is 0 Å². The molecule has 0 aromatic carbocycles. The van der Waals surface area contributed by atoms with Gasteiger partial charge in [-0.05, 0) is 25.2 Å². The van der Waals surface area contributed by atoms with Crippen molar-refractivity contribution in [3.63, 3.8) is 0 Å². The summed E-state index contributed by atoms with van der Waals surface area (Å²) in [7, 11) is 0. The summed E-state index contributed by atoms with van der Waals surface area (Å²) in [5, 5.41) is 9.83. The van der Waals surface area contributed by atoms with Crippen molar-refractivity contribution in [2.75, 3.05) is 13.2 Å². The molecule has 1 heterocycles. The second-order valence-corrected chi connectivity index (χ2v) is 6.04. The van der Waals surface area contributed by atoms with Crippen molar-refractivity contribution in [3.8, 4) is 0 Å². The fraction of sp³-hybridized carbons (Fsp3) is 0.867. The minimum atomic E-state index is -0.0472. The molecule has 0 amide bonds. The second kappa shape index (κ2) is 4.74. The zero-order chi connectivity index (χ0) is 12.6. The lowest BCUT2D eigenvalue weighted by atomic mass is 9.56. The standard InChI is InChI=1S/C15H26O2/c1-5-6-13-14-10(2)7-11(3)15(8-16,9-17-13)12(14)4/h7,11-14,16H,5-6,8-9H2,1-4H3/t11-,12+,13+,14-,15-/m0/s1. The summed E-state index contributed by atoms with van der Waals surface area (Å²) in [6.45, 7) is 9.93. The highest BCUT2D eigenvalue weighted by Crippen LogP contribution is 2.52. The Bertz CT molecular complexity index is 310. The van der Waals surface area contributed by atoms with E-state index in [1.165, 1.54) is 12.0 Å². The summed E-state index contributed by atoms with van der Waals surface area (Å²) in [6, 6.07) is 0. The third-order valence-electron chi connectivity index (χ3n) is 5.23. The number of rotatable bonds is 3. The SMILES string of the molecule is CCC[C@H]1OC[C@]2(CO)[C@H](C)[C@@H]1C(C)=C[C@@H]2C. The maximum Gasteiger partial charge on any atom is 0.0643 e. The molecular weight excluding hydrogens is 212 g/mol. The monoisotopic (exact) mass is 238 g/mol. The zero-order valence-corrected chi connectivity index (χ0v) is 11.6. The second-order valence-electron chi connectivity index (χ2n) is 6.04. The third kappa shape index (κ3) is 1.86. The van der Waals surface area contributed by atoms with Crippen LogP contribution in [-0.2, 0) is 4.74 Å². The quantitative estimate of drug-likeness (QED) is 0.766. The summed E-state index contributed by atoms with van der Waals surface area (Å²) in [4.78, 5) is 0. The molecule has 17 heavy (non-hydrogen) atoms. The van der Waals surface area contributed by atoms with E-state index in [1.807, 2.05) is 0 Å². The Morgan fingerprint density at radius 1 is 1.47 bits per heavy atom. The topological polar surface area (TPSA) is 29.5 Å². The molecular formula is C15H26O2. The fourth-order valence-corrected chi connectivity index (χ4v) is 3.96. The Kier molecular flexibility index (Phi) is 3.65. The van der Waals surface area contributed by atoms with Gasteiger partial charge in [0.05, 0.1) is 19.3 Å². The van der Waals surface area contributed by atoms with Gasteiger partial charge in [0.2, 0.25) is 0 Å². The molecule has 0 aromatic heterocycles. The fourth-order valence-electron chi connectivity index (χ4n) is 3.96. The van der Waals surface area contributed by atoms with Crippen LogP contribution in [0.1, 0.15) is 40.5 Å². The molecule has 0 radical (unpaired) electrons. The van der Waals surface area contributed by atoms with Crippen molar-refractivity contribution >= 4 is 0 Å². The Morgan fingerprint density at radius 2 is 2.18 bits per heavy atom. The number of ether oxygens (including phenoxy) is 1.